The van der Waals surface area contributed by atoms with E-state index in [0.717, 1.165) is 3.55 Å². The summed E-state index contributed by atoms with van der Waals surface area (Å²) in [6.45, 7) is 0. The first kappa shape index (κ1) is 10.4. The van der Waals surface area contributed by atoms with Gasteiger partial charge in [0, 0.05) is 0 Å². The average molecular weight is 212 g/mol. The van der Waals surface area contributed by atoms with E-state index in [1.165, 1.54) is 17.6 Å². The molecule has 0 aliphatic rings. The molecule has 0 radical (unpaired) electrons. The van der Waals surface area contributed by atoms with Crippen LogP contribution in [0.1, 0.15) is 0 Å². The molecule has 70 valence electrons. The summed E-state index contributed by atoms with van der Waals surface area (Å²) in [6, 6.07) is 8.49. The number of nitro groups is 1. The molecule has 15 heavy (non-hydrogen) atoms. The molecule has 1 aromatic heterocycles. The maximum atomic E-state index is 10.8. The van der Waals surface area contributed by atoms with Gasteiger partial charge in [-0.3, -0.25) is 0 Å². The third-order valence-corrected chi connectivity index (χ3v) is 2.70. The second-order valence-electron chi connectivity index (χ2n) is 3.10. The first-order valence-corrected chi connectivity index (χ1v) is 5.13. The zero-order valence-electron chi connectivity index (χ0n) is 8.01. The standard InChI is InChI=1S/C9H5N2O2S.Li/c12-11(13)9-4-2-1-3-7(9)8-5-6-14-10-8;/h1-5H;. The van der Waals surface area contributed by atoms with Crippen molar-refractivity contribution >= 4 is 38.5 Å². The molecule has 2 aromatic rings. The molecule has 4 nitrogen and oxygen atoms in total. The molecule has 6 heteroatoms. The van der Waals surface area contributed by atoms with Gasteiger partial charge in [0.25, 0.3) is 0 Å². The third-order valence-electron chi connectivity index (χ3n) is 2.00. The van der Waals surface area contributed by atoms with E-state index >= 15 is 0 Å². The van der Waals surface area contributed by atoms with Gasteiger partial charge < -0.3 is 0 Å². The van der Waals surface area contributed by atoms with Gasteiger partial charge in [0.1, 0.15) is 0 Å². The van der Waals surface area contributed by atoms with Crippen LogP contribution in [0.15, 0.2) is 30.3 Å². The monoisotopic (exact) mass is 212 g/mol. The van der Waals surface area contributed by atoms with Gasteiger partial charge >= 0.3 is 99.5 Å². The van der Waals surface area contributed by atoms with Gasteiger partial charge in [0.15, 0.2) is 0 Å². The number of nitro benzene ring substituents is 1. The molecule has 0 aliphatic carbocycles. The van der Waals surface area contributed by atoms with Gasteiger partial charge in [0.05, 0.1) is 0 Å². The Labute approximate surface area is 99.5 Å². The maximum absolute atomic E-state index is 10.8. The van der Waals surface area contributed by atoms with Crippen LogP contribution >= 0.6 is 11.5 Å². The zero-order valence-corrected chi connectivity index (χ0v) is 8.82. The van der Waals surface area contributed by atoms with Gasteiger partial charge in [-0.2, -0.15) is 0 Å². The number of rotatable bonds is 2. The molecular formula is C9H5LiN2O2S. The van der Waals surface area contributed by atoms with Gasteiger partial charge in [-0.05, 0) is 0 Å². The Kier molecular flexibility index (Phi) is 2.87. The van der Waals surface area contributed by atoms with E-state index < -0.39 is 0 Å². The van der Waals surface area contributed by atoms with Crippen molar-refractivity contribution in [1.29, 1.82) is 0 Å². The molecule has 0 aliphatic heterocycles. The fourth-order valence-electron chi connectivity index (χ4n) is 1.34. The van der Waals surface area contributed by atoms with Crippen molar-refractivity contribution in [3.8, 4) is 11.3 Å². The summed E-state index contributed by atoms with van der Waals surface area (Å²) in [4.78, 5) is 10.4. The fraction of sp³-hybridized carbons (Fsp3) is 0. The number of aromatic nitrogens is 1. The van der Waals surface area contributed by atoms with Crippen LogP contribution in [0, 0.1) is 10.1 Å². The van der Waals surface area contributed by atoms with Crippen molar-refractivity contribution in [3.05, 3.63) is 40.4 Å². The normalized spacial score (nSPS) is 10.3. The van der Waals surface area contributed by atoms with E-state index in [9.17, 15) is 10.1 Å². The van der Waals surface area contributed by atoms with Crippen molar-refractivity contribution in [3.63, 3.8) is 0 Å². The van der Waals surface area contributed by atoms with Crippen molar-refractivity contribution in [2.75, 3.05) is 0 Å². The predicted octanol–water partition coefficient (Wildman–Crippen LogP) is 1.51. The van der Waals surface area contributed by atoms with Crippen molar-refractivity contribution < 1.29 is 4.92 Å². The molecule has 0 N–H and O–H groups in total. The summed E-state index contributed by atoms with van der Waals surface area (Å²) >= 11 is 3.27. The summed E-state index contributed by atoms with van der Waals surface area (Å²) in [5, 5.41) is 10.8. The van der Waals surface area contributed by atoms with Crippen molar-refractivity contribution in [2.24, 2.45) is 0 Å². The summed E-state index contributed by atoms with van der Waals surface area (Å²) in [5.41, 5.74) is 1.35. The molecule has 0 spiro atoms. The van der Waals surface area contributed by atoms with Crippen LogP contribution in [-0.2, 0) is 0 Å². The van der Waals surface area contributed by atoms with E-state index in [2.05, 4.69) is 4.37 Å². The minimum atomic E-state index is -0.385. The van der Waals surface area contributed by atoms with E-state index in [1.807, 2.05) is 23.8 Å². The van der Waals surface area contributed by atoms with Gasteiger partial charge in [0.2, 0.25) is 0 Å². The molecule has 1 heterocycles. The van der Waals surface area contributed by atoms with E-state index in [1.54, 1.807) is 18.2 Å². The number of para-hydroxylation sites is 1. The van der Waals surface area contributed by atoms with Crippen LogP contribution in [0.2, 0.25) is 0 Å². The van der Waals surface area contributed by atoms with Crippen molar-refractivity contribution in [2.45, 2.75) is 0 Å². The molecule has 0 bridgehead atoms. The number of hydrogen-bond donors (Lipinski definition) is 0. The summed E-state index contributed by atoms with van der Waals surface area (Å²) in [5.74, 6) is 0. The molecule has 1 aromatic carbocycles. The minimum absolute atomic E-state index is 0.0998. The quantitative estimate of drug-likeness (QED) is 0.430. The zero-order chi connectivity index (χ0) is 10.8. The first-order valence-electron chi connectivity index (χ1n) is 4.35. The second-order valence-corrected chi connectivity index (χ2v) is 4.11. The Balaban J connectivity index is 2.57. The van der Waals surface area contributed by atoms with E-state index in [0.29, 0.717) is 11.3 Å². The van der Waals surface area contributed by atoms with Crippen LogP contribution in [0.25, 0.3) is 11.3 Å². The molecule has 0 unspecified atom stereocenters. The Morgan fingerprint density at radius 1 is 1.40 bits per heavy atom. The molecular weight excluding hydrogens is 207 g/mol. The van der Waals surface area contributed by atoms with Crippen molar-refractivity contribution in [1.82, 2.24) is 4.37 Å². The first-order chi connectivity index (χ1) is 7.18. The van der Waals surface area contributed by atoms with Crippen LogP contribution in [0.3, 0.4) is 0 Å². The molecule has 0 amide bonds. The van der Waals surface area contributed by atoms with Crippen LogP contribution in [-0.4, -0.2) is 27.0 Å². The molecule has 0 saturated heterocycles. The molecule has 0 saturated carbocycles. The Morgan fingerprint density at radius 2 is 2.13 bits per heavy atom. The molecule has 0 atom stereocenters. The van der Waals surface area contributed by atoms with Gasteiger partial charge in [-0.1, -0.05) is 0 Å². The molecule has 0 fully saturated rings. The summed E-state index contributed by atoms with van der Waals surface area (Å²) in [6.07, 6.45) is 0. The topological polar surface area (TPSA) is 56.0 Å². The number of hydrogen-bond acceptors (Lipinski definition) is 4. The van der Waals surface area contributed by atoms with Gasteiger partial charge in [-0.25, -0.2) is 0 Å². The van der Waals surface area contributed by atoms with E-state index in [4.69, 9.17) is 0 Å². The van der Waals surface area contributed by atoms with E-state index in [-0.39, 0.29) is 10.6 Å². The fourth-order valence-corrected chi connectivity index (χ4v) is 1.90. The SMILES string of the molecule is [Li][c]1cc(-c2ccccc2[N+](=O)[O-])ns1. The molecule has 2 rings (SSSR count). The summed E-state index contributed by atoms with van der Waals surface area (Å²) < 4.78 is 5.21. The van der Waals surface area contributed by atoms with Crippen LogP contribution in [0.4, 0.5) is 5.69 Å². The summed E-state index contributed by atoms with van der Waals surface area (Å²) in [7, 11) is 0. The van der Waals surface area contributed by atoms with Crippen LogP contribution in [0.5, 0.6) is 0 Å². The predicted molar refractivity (Wildman–Crippen MR) is 59.6 cm³/mol. The average Bonchev–Trinajstić information content (AvgIpc) is 2.65. The Hall–Kier alpha value is -1.15. The van der Waals surface area contributed by atoms with Crippen LogP contribution < -0.4 is 3.55 Å². The Morgan fingerprint density at radius 3 is 2.73 bits per heavy atom. The number of nitrogens with zero attached hydrogens (tertiary/aromatic N) is 2. The van der Waals surface area contributed by atoms with Gasteiger partial charge in [-0.15, -0.1) is 0 Å². The third kappa shape index (κ3) is 2.10. The number of benzene rings is 1. The second kappa shape index (κ2) is 4.15. The Bertz CT molecular complexity index is 512.